The summed E-state index contributed by atoms with van der Waals surface area (Å²) < 4.78 is 6.15. The van der Waals surface area contributed by atoms with Crippen molar-refractivity contribution in [2.45, 2.75) is 69.8 Å². The zero-order valence-corrected chi connectivity index (χ0v) is 14.4. The first-order chi connectivity index (χ1) is 9.63. The summed E-state index contributed by atoms with van der Waals surface area (Å²) in [4.78, 5) is 0. The maximum atomic E-state index is 6.15. The van der Waals surface area contributed by atoms with E-state index >= 15 is 0 Å². The normalized spacial score (nSPS) is 23.8. The molecule has 1 nitrogen and oxygen atoms in total. The van der Waals surface area contributed by atoms with Crippen molar-refractivity contribution < 1.29 is 4.74 Å². The summed E-state index contributed by atoms with van der Waals surface area (Å²) in [7, 11) is -1.28. The van der Waals surface area contributed by atoms with E-state index < -0.39 is 8.07 Å². The minimum atomic E-state index is -1.28. The molecule has 0 amide bonds. The van der Waals surface area contributed by atoms with Gasteiger partial charge in [0.15, 0.2) is 0 Å². The van der Waals surface area contributed by atoms with Crippen LogP contribution in [0.5, 0.6) is 0 Å². The lowest BCUT2D eigenvalue weighted by Crippen LogP contribution is -2.44. The fourth-order valence-electron chi connectivity index (χ4n) is 3.68. The molecule has 0 bridgehead atoms. The molecule has 1 saturated heterocycles. The Bertz CT molecular complexity index is 388. The number of hydrogen-bond acceptors (Lipinski definition) is 1. The van der Waals surface area contributed by atoms with Crippen LogP contribution in [0.1, 0.15) is 44.6 Å². The number of unbranched alkanes of at least 4 members (excludes halogenated alkanes) is 1. The Morgan fingerprint density at radius 1 is 1.20 bits per heavy atom. The molecule has 1 aromatic carbocycles. The van der Waals surface area contributed by atoms with E-state index in [1.807, 2.05) is 0 Å². The van der Waals surface area contributed by atoms with Crippen LogP contribution in [0.3, 0.4) is 0 Å². The lowest BCUT2D eigenvalue weighted by molar-refractivity contribution is 0.00822. The van der Waals surface area contributed by atoms with Crippen LogP contribution >= 0.6 is 0 Å². The van der Waals surface area contributed by atoms with Crippen LogP contribution in [-0.4, -0.2) is 20.8 Å². The van der Waals surface area contributed by atoms with Crippen molar-refractivity contribution in [2.24, 2.45) is 0 Å². The Labute approximate surface area is 125 Å². The molecule has 2 atom stereocenters. The van der Waals surface area contributed by atoms with Gasteiger partial charge in [0.2, 0.25) is 0 Å². The molecule has 1 aliphatic heterocycles. The third-order valence-corrected chi connectivity index (χ3v) is 8.78. The Hall–Kier alpha value is -0.603. The molecule has 0 saturated carbocycles. The van der Waals surface area contributed by atoms with Crippen LogP contribution in [0.2, 0.25) is 18.6 Å². The minimum absolute atomic E-state index is 0.536. The van der Waals surface area contributed by atoms with Gasteiger partial charge < -0.3 is 4.74 Å². The molecule has 112 valence electrons. The van der Waals surface area contributed by atoms with E-state index in [4.69, 9.17) is 4.74 Å². The molecule has 1 fully saturated rings. The summed E-state index contributed by atoms with van der Waals surface area (Å²) in [6.45, 7) is 8.40. The third-order valence-electron chi connectivity index (χ3n) is 4.79. The zero-order valence-electron chi connectivity index (χ0n) is 13.4. The lowest BCUT2D eigenvalue weighted by Gasteiger charge is -2.41. The highest BCUT2D eigenvalue weighted by Crippen LogP contribution is 2.39. The van der Waals surface area contributed by atoms with Crippen molar-refractivity contribution in [3.63, 3.8) is 0 Å². The van der Waals surface area contributed by atoms with E-state index in [9.17, 15) is 0 Å². The first-order valence-corrected chi connectivity index (χ1v) is 11.6. The molecule has 1 aliphatic rings. The summed E-state index contributed by atoms with van der Waals surface area (Å²) in [6, 6.07) is 12.3. The minimum Gasteiger partial charge on any atom is -0.378 e. The Balaban J connectivity index is 2.04. The van der Waals surface area contributed by atoms with Gasteiger partial charge in [0.05, 0.1) is 14.2 Å². The number of ether oxygens (including phenoxy) is 1. The number of benzene rings is 1. The van der Waals surface area contributed by atoms with Gasteiger partial charge in [-0.25, -0.2) is 0 Å². The van der Waals surface area contributed by atoms with Crippen LogP contribution in [0.25, 0.3) is 0 Å². The molecule has 0 aliphatic carbocycles. The number of hydrogen-bond donors (Lipinski definition) is 0. The van der Waals surface area contributed by atoms with Crippen LogP contribution in [0, 0.1) is 0 Å². The van der Waals surface area contributed by atoms with E-state index in [1.165, 1.54) is 43.7 Å². The smallest absolute Gasteiger partial charge is 0.0579 e. The second kappa shape index (κ2) is 7.42. The molecular formula is C18H30OSi. The molecule has 1 aromatic rings. The molecule has 0 unspecified atom stereocenters. The monoisotopic (exact) mass is 290 g/mol. The van der Waals surface area contributed by atoms with E-state index in [2.05, 4.69) is 50.3 Å². The van der Waals surface area contributed by atoms with Crippen molar-refractivity contribution in [3.8, 4) is 0 Å². The van der Waals surface area contributed by atoms with Gasteiger partial charge in [-0.2, -0.15) is 0 Å². The van der Waals surface area contributed by atoms with Crippen molar-refractivity contribution in [3.05, 3.63) is 35.9 Å². The molecule has 0 radical (unpaired) electrons. The van der Waals surface area contributed by atoms with Gasteiger partial charge in [0.25, 0.3) is 0 Å². The van der Waals surface area contributed by atoms with E-state index in [0.717, 1.165) is 12.1 Å². The van der Waals surface area contributed by atoms with Crippen LogP contribution in [0.15, 0.2) is 30.3 Å². The highest BCUT2D eigenvalue weighted by Gasteiger charge is 2.39. The Morgan fingerprint density at radius 2 is 1.95 bits per heavy atom. The number of rotatable bonds is 6. The molecular weight excluding hydrogens is 260 g/mol. The van der Waals surface area contributed by atoms with E-state index in [-0.39, 0.29) is 0 Å². The highest BCUT2D eigenvalue weighted by atomic mass is 28.3. The topological polar surface area (TPSA) is 9.23 Å². The van der Waals surface area contributed by atoms with Crippen molar-refractivity contribution in [1.82, 2.24) is 0 Å². The van der Waals surface area contributed by atoms with Crippen molar-refractivity contribution in [1.29, 1.82) is 0 Å². The summed E-state index contributed by atoms with van der Waals surface area (Å²) in [5, 5.41) is 0. The second-order valence-corrected chi connectivity index (χ2v) is 12.0. The van der Waals surface area contributed by atoms with Gasteiger partial charge in [0.1, 0.15) is 0 Å². The standard InChI is InChI=1S/C18H30OSi/c1-4-5-12-17-18(13-9-14-19-17)20(2,3)15-16-10-7-6-8-11-16/h6-8,10-11,17-18H,4-5,9,12-15H2,1-3H3/t17-,18+/m1/s1. The molecule has 0 spiro atoms. The second-order valence-electron chi connectivity index (χ2n) is 6.95. The van der Waals surface area contributed by atoms with Crippen molar-refractivity contribution in [2.75, 3.05) is 6.61 Å². The van der Waals surface area contributed by atoms with Gasteiger partial charge >= 0.3 is 0 Å². The predicted molar refractivity (Wildman–Crippen MR) is 89.9 cm³/mol. The fourth-order valence-corrected chi connectivity index (χ4v) is 7.48. The van der Waals surface area contributed by atoms with Gasteiger partial charge in [-0.05, 0) is 30.8 Å². The van der Waals surface area contributed by atoms with Crippen LogP contribution in [0.4, 0.5) is 0 Å². The first-order valence-electron chi connectivity index (χ1n) is 8.29. The zero-order chi connectivity index (χ0) is 14.4. The average Bonchev–Trinajstić information content (AvgIpc) is 2.46. The summed E-state index contributed by atoms with van der Waals surface area (Å²) in [5.41, 5.74) is 2.35. The van der Waals surface area contributed by atoms with E-state index in [1.54, 1.807) is 0 Å². The van der Waals surface area contributed by atoms with E-state index in [0.29, 0.717) is 6.10 Å². The Morgan fingerprint density at radius 3 is 2.65 bits per heavy atom. The maximum absolute atomic E-state index is 6.15. The SMILES string of the molecule is CCCC[C@H]1OCCC[C@@H]1[Si](C)(C)Cc1ccccc1. The highest BCUT2D eigenvalue weighted by molar-refractivity contribution is 6.78. The fraction of sp³-hybridized carbons (Fsp3) is 0.667. The molecule has 2 heteroatoms. The van der Waals surface area contributed by atoms with Gasteiger partial charge in [-0.3, -0.25) is 0 Å². The summed E-state index contributed by atoms with van der Waals surface area (Å²) in [6.07, 6.45) is 7.06. The summed E-state index contributed by atoms with van der Waals surface area (Å²) in [5.74, 6) is 0. The van der Waals surface area contributed by atoms with Gasteiger partial charge in [-0.1, -0.05) is 68.8 Å². The maximum Gasteiger partial charge on any atom is 0.0579 e. The average molecular weight is 291 g/mol. The molecule has 20 heavy (non-hydrogen) atoms. The molecule has 0 aromatic heterocycles. The lowest BCUT2D eigenvalue weighted by atomic mass is 10.0. The van der Waals surface area contributed by atoms with Crippen molar-refractivity contribution >= 4 is 8.07 Å². The largest absolute Gasteiger partial charge is 0.378 e. The van der Waals surface area contributed by atoms with Crippen LogP contribution < -0.4 is 0 Å². The molecule has 1 heterocycles. The first kappa shape index (κ1) is 15.8. The van der Waals surface area contributed by atoms with Gasteiger partial charge in [-0.15, -0.1) is 0 Å². The van der Waals surface area contributed by atoms with Crippen LogP contribution in [-0.2, 0) is 10.8 Å². The predicted octanol–water partition coefficient (Wildman–Crippen LogP) is 5.22. The summed E-state index contributed by atoms with van der Waals surface area (Å²) >= 11 is 0. The quantitative estimate of drug-likeness (QED) is 0.653. The molecule has 2 rings (SSSR count). The molecule has 0 N–H and O–H groups in total. The Kier molecular flexibility index (Phi) is 5.85. The van der Waals surface area contributed by atoms with Gasteiger partial charge in [0, 0.05) is 6.61 Å². The third kappa shape index (κ3) is 4.19.